The van der Waals surface area contributed by atoms with Gasteiger partial charge in [-0.3, -0.25) is 4.79 Å². The number of hydrogen-bond acceptors (Lipinski definition) is 5. The maximum atomic E-state index is 11.7. The van der Waals surface area contributed by atoms with Crippen molar-refractivity contribution in [1.82, 2.24) is 15.5 Å². The first-order valence-corrected chi connectivity index (χ1v) is 6.07. The van der Waals surface area contributed by atoms with Crippen LogP contribution < -0.4 is 5.32 Å². The second kappa shape index (κ2) is 4.75. The van der Waals surface area contributed by atoms with Gasteiger partial charge < -0.3 is 9.84 Å². The van der Waals surface area contributed by atoms with Gasteiger partial charge in [0.25, 0.3) is 5.91 Å². The Morgan fingerprint density at radius 1 is 1.69 bits per heavy atom. The number of hydrogen-bond donors (Lipinski definition) is 1. The van der Waals surface area contributed by atoms with Crippen molar-refractivity contribution in [2.24, 2.45) is 0 Å². The largest absolute Gasteiger partial charge is 0.344 e. The van der Waals surface area contributed by atoms with Crippen LogP contribution in [-0.2, 0) is 6.54 Å². The van der Waals surface area contributed by atoms with Crippen molar-refractivity contribution < 1.29 is 9.32 Å². The first-order valence-electron chi connectivity index (χ1n) is 4.46. The lowest BCUT2D eigenvalue weighted by Crippen LogP contribution is -2.22. The summed E-state index contributed by atoms with van der Waals surface area (Å²) in [5, 5.41) is 6.31. The molecular formula is C9H8BrN3O2S. The fourth-order valence-electron chi connectivity index (χ4n) is 1.09. The Kier molecular flexibility index (Phi) is 3.35. The van der Waals surface area contributed by atoms with Crippen molar-refractivity contribution in [3.8, 4) is 0 Å². The molecule has 0 radical (unpaired) electrons. The molecule has 0 saturated heterocycles. The molecule has 1 amide bonds. The van der Waals surface area contributed by atoms with Crippen molar-refractivity contribution in [2.75, 3.05) is 0 Å². The van der Waals surface area contributed by atoms with Crippen molar-refractivity contribution in [3.63, 3.8) is 0 Å². The first kappa shape index (κ1) is 11.3. The molecule has 16 heavy (non-hydrogen) atoms. The number of nitrogens with zero attached hydrogens (tertiary/aromatic N) is 2. The highest BCUT2D eigenvalue weighted by atomic mass is 79.9. The van der Waals surface area contributed by atoms with Gasteiger partial charge in [0.15, 0.2) is 5.82 Å². The Morgan fingerprint density at radius 2 is 2.50 bits per heavy atom. The number of carbonyl (C=O) groups is 1. The molecule has 84 valence electrons. The zero-order chi connectivity index (χ0) is 11.5. The predicted octanol–water partition coefficient (Wildman–Crippen LogP) is 2.13. The Labute approximate surface area is 104 Å². The zero-order valence-electron chi connectivity index (χ0n) is 8.36. The third-order valence-electron chi connectivity index (χ3n) is 1.89. The van der Waals surface area contributed by atoms with Crippen LogP contribution in [0.3, 0.4) is 0 Å². The van der Waals surface area contributed by atoms with Crippen LogP contribution >= 0.6 is 27.3 Å². The predicted molar refractivity (Wildman–Crippen MR) is 62.2 cm³/mol. The molecule has 0 bridgehead atoms. The van der Waals surface area contributed by atoms with Gasteiger partial charge in [0.2, 0.25) is 6.39 Å². The first-order chi connectivity index (χ1) is 7.66. The monoisotopic (exact) mass is 301 g/mol. The van der Waals surface area contributed by atoms with E-state index in [9.17, 15) is 4.79 Å². The summed E-state index contributed by atoms with van der Waals surface area (Å²) in [5.74, 6) is 0.323. The van der Waals surface area contributed by atoms with Crippen molar-refractivity contribution in [3.05, 3.63) is 32.5 Å². The second-order valence-electron chi connectivity index (χ2n) is 3.10. The molecule has 0 aliphatic carbocycles. The Balaban J connectivity index is 1.98. The highest BCUT2D eigenvalue weighted by Gasteiger charge is 2.11. The summed E-state index contributed by atoms with van der Waals surface area (Å²) in [6.07, 6.45) is 1.23. The quantitative estimate of drug-likeness (QED) is 0.943. The molecule has 2 aromatic heterocycles. The van der Waals surface area contributed by atoms with Gasteiger partial charge in [0, 0.05) is 0 Å². The molecule has 0 saturated carbocycles. The minimum absolute atomic E-state index is 0.136. The number of thiophene rings is 1. The highest BCUT2D eigenvalue weighted by molar-refractivity contribution is 9.11. The summed E-state index contributed by atoms with van der Waals surface area (Å²) in [5.41, 5.74) is 1.05. The summed E-state index contributed by atoms with van der Waals surface area (Å²) in [7, 11) is 0. The summed E-state index contributed by atoms with van der Waals surface area (Å²) in [6.45, 7) is 2.21. The van der Waals surface area contributed by atoms with Crippen molar-refractivity contribution in [2.45, 2.75) is 13.5 Å². The molecule has 5 nitrogen and oxygen atoms in total. The molecule has 2 heterocycles. The van der Waals surface area contributed by atoms with Gasteiger partial charge in [-0.1, -0.05) is 5.16 Å². The van der Waals surface area contributed by atoms with Gasteiger partial charge >= 0.3 is 0 Å². The third kappa shape index (κ3) is 2.48. The Morgan fingerprint density at radius 3 is 3.06 bits per heavy atom. The molecule has 2 rings (SSSR count). The van der Waals surface area contributed by atoms with Crippen LogP contribution in [0.4, 0.5) is 0 Å². The lowest BCUT2D eigenvalue weighted by Gasteiger charge is -1.98. The van der Waals surface area contributed by atoms with Crippen molar-refractivity contribution >= 4 is 33.2 Å². The molecule has 0 unspecified atom stereocenters. The van der Waals surface area contributed by atoms with Crippen LogP contribution in [-0.4, -0.2) is 16.0 Å². The van der Waals surface area contributed by atoms with E-state index in [0.29, 0.717) is 10.7 Å². The number of amides is 1. The maximum Gasteiger partial charge on any atom is 0.261 e. The molecule has 0 aromatic carbocycles. The standard InChI is InChI=1S/C9H8BrN3O2S/c1-5-2-6(16-8(5)10)9(14)11-3-7-12-4-15-13-7/h2,4H,3H2,1H3,(H,11,14). The maximum absolute atomic E-state index is 11.7. The molecule has 0 fully saturated rings. The van der Waals surface area contributed by atoms with E-state index in [1.807, 2.05) is 13.0 Å². The number of rotatable bonds is 3. The molecule has 2 aromatic rings. The number of aromatic nitrogens is 2. The SMILES string of the molecule is Cc1cc(C(=O)NCc2ncon2)sc1Br. The van der Waals surface area contributed by atoms with E-state index in [4.69, 9.17) is 0 Å². The lowest BCUT2D eigenvalue weighted by atomic mass is 10.3. The van der Waals surface area contributed by atoms with Gasteiger partial charge in [-0.15, -0.1) is 11.3 Å². The van der Waals surface area contributed by atoms with Gasteiger partial charge in [0.05, 0.1) is 15.2 Å². The lowest BCUT2D eigenvalue weighted by molar-refractivity contribution is 0.0953. The molecule has 1 N–H and O–H groups in total. The Bertz CT molecular complexity index is 475. The highest BCUT2D eigenvalue weighted by Crippen LogP contribution is 2.27. The van der Waals surface area contributed by atoms with Crippen LogP contribution in [0, 0.1) is 6.92 Å². The molecule has 0 atom stereocenters. The van der Waals surface area contributed by atoms with Crippen LogP contribution in [0.5, 0.6) is 0 Å². The van der Waals surface area contributed by atoms with Gasteiger partial charge in [0.1, 0.15) is 0 Å². The van der Waals surface area contributed by atoms with E-state index < -0.39 is 0 Å². The summed E-state index contributed by atoms with van der Waals surface area (Å²) in [4.78, 5) is 16.2. The van der Waals surface area contributed by atoms with Crippen LogP contribution in [0.25, 0.3) is 0 Å². The summed E-state index contributed by atoms with van der Waals surface area (Å²) < 4.78 is 5.53. The van der Waals surface area contributed by atoms with Gasteiger partial charge in [-0.2, -0.15) is 4.98 Å². The van der Waals surface area contributed by atoms with Gasteiger partial charge in [-0.25, -0.2) is 0 Å². The number of nitrogens with one attached hydrogen (secondary N) is 1. The van der Waals surface area contributed by atoms with E-state index in [1.54, 1.807) is 0 Å². The average Bonchev–Trinajstić information content (AvgIpc) is 2.86. The van der Waals surface area contributed by atoms with Gasteiger partial charge in [-0.05, 0) is 34.5 Å². The summed E-state index contributed by atoms with van der Waals surface area (Å²) >= 11 is 4.77. The zero-order valence-corrected chi connectivity index (χ0v) is 10.8. The van der Waals surface area contributed by atoms with E-state index in [-0.39, 0.29) is 12.5 Å². The normalized spacial score (nSPS) is 10.4. The number of carbonyl (C=O) groups excluding carboxylic acids is 1. The third-order valence-corrected chi connectivity index (χ3v) is 4.03. The number of aryl methyl sites for hydroxylation is 1. The van der Waals surface area contributed by atoms with E-state index in [1.165, 1.54) is 17.7 Å². The molecule has 0 aliphatic heterocycles. The van der Waals surface area contributed by atoms with Crippen molar-refractivity contribution in [1.29, 1.82) is 0 Å². The topological polar surface area (TPSA) is 68.0 Å². The fourth-order valence-corrected chi connectivity index (χ4v) is 2.54. The van der Waals surface area contributed by atoms with Crippen LogP contribution in [0.2, 0.25) is 0 Å². The Hall–Kier alpha value is -1.21. The fraction of sp³-hybridized carbons (Fsp3) is 0.222. The molecule has 0 spiro atoms. The minimum atomic E-state index is -0.136. The molecule has 7 heteroatoms. The molecule has 0 aliphatic rings. The van der Waals surface area contributed by atoms with E-state index >= 15 is 0 Å². The molecular weight excluding hydrogens is 294 g/mol. The smallest absolute Gasteiger partial charge is 0.261 e. The number of halogens is 1. The van der Waals surface area contributed by atoms with E-state index in [2.05, 4.69) is 35.9 Å². The van der Waals surface area contributed by atoms with E-state index in [0.717, 1.165) is 9.35 Å². The second-order valence-corrected chi connectivity index (χ2v) is 5.47. The average molecular weight is 302 g/mol. The minimum Gasteiger partial charge on any atom is -0.344 e. The van der Waals surface area contributed by atoms with Crippen LogP contribution in [0.15, 0.2) is 20.8 Å². The summed E-state index contributed by atoms with van der Waals surface area (Å²) in [6, 6.07) is 1.83. The van der Waals surface area contributed by atoms with Crippen LogP contribution in [0.1, 0.15) is 21.1 Å².